The highest BCUT2D eigenvalue weighted by Gasteiger charge is 2.15. The number of benzene rings is 2. The molecule has 0 radical (unpaired) electrons. The van der Waals surface area contributed by atoms with E-state index in [1.165, 1.54) is 12.1 Å². The molecule has 0 fully saturated rings. The summed E-state index contributed by atoms with van der Waals surface area (Å²) >= 11 is 0. The molecule has 0 amide bonds. The highest BCUT2D eigenvalue weighted by Crippen LogP contribution is 2.36. The summed E-state index contributed by atoms with van der Waals surface area (Å²) in [6.45, 7) is 11.5. The minimum atomic E-state index is -1.18. The number of phenols is 1. The third-order valence-electron chi connectivity index (χ3n) is 4.05. The molecule has 0 aliphatic heterocycles. The second-order valence-electron chi connectivity index (χ2n) is 5.89. The number of carboxylic acid groups (broad SMARTS) is 1. The van der Waals surface area contributed by atoms with Crippen LogP contribution < -0.4 is 0 Å². The molecular weight excluding hydrogens is 304 g/mol. The van der Waals surface area contributed by atoms with Crippen LogP contribution in [0.25, 0.3) is 26.9 Å². The van der Waals surface area contributed by atoms with Crippen LogP contribution in [0.5, 0.6) is 5.75 Å². The van der Waals surface area contributed by atoms with Crippen LogP contribution in [0.2, 0.25) is 0 Å². The van der Waals surface area contributed by atoms with Crippen molar-refractivity contribution in [3.63, 3.8) is 0 Å². The lowest BCUT2D eigenvalue weighted by atomic mass is 9.99. The molecule has 3 aromatic rings. The summed E-state index contributed by atoms with van der Waals surface area (Å²) in [5.41, 5.74) is 2.77. The van der Waals surface area contributed by atoms with Crippen molar-refractivity contribution < 1.29 is 15.0 Å². The Morgan fingerprint density at radius 2 is 1.96 bits per heavy atom. The number of carboxylic acids is 1. The summed E-state index contributed by atoms with van der Waals surface area (Å²) in [7, 11) is 0. The van der Waals surface area contributed by atoms with E-state index in [-0.39, 0.29) is 17.4 Å². The lowest BCUT2D eigenvalue weighted by Crippen LogP contribution is -1.98. The molecule has 0 aliphatic rings. The summed E-state index contributed by atoms with van der Waals surface area (Å²) < 4.78 is 2.08. The average Bonchev–Trinajstić information content (AvgIpc) is 2.97. The van der Waals surface area contributed by atoms with E-state index in [9.17, 15) is 9.90 Å². The van der Waals surface area contributed by atoms with Gasteiger partial charge in [-0.15, -0.1) is 0 Å². The van der Waals surface area contributed by atoms with Crippen LogP contribution in [0.4, 0.5) is 5.69 Å². The van der Waals surface area contributed by atoms with E-state index < -0.39 is 5.97 Å². The molecule has 5 heteroatoms. The molecule has 0 saturated carbocycles. The Balaban J connectivity index is 2.28. The Hall–Kier alpha value is -3.26. The van der Waals surface area contributed by atoms with E-state index >= 15 is 0 Å². The zero-order valence-corrected chi connectivity index (χ0v) is 13.3. The fourth-order valence-electron chi connectivity index (χ4n) is 2.88. The molecule has 0 unspecified atom stereocenters. The van der Waals surface area contributed by atoms with Crippen molar-refractivity contribution in [2.24, 2.45) is 0 Å². The average molecular weight is 320 g/mol. The zero-order chi connectivity index (χ0) is 17.4. The summed E-state index contributed by atoms with van der Waals surface area (Å²) in [5, 5.41) is 20.0. The van der Waals surface area contributed by atoms with Gasteiger partial charge in [0.15, 0.2) is 5.69 Å². The molecule has 3 rings (SSSR count). The molecule has 0 spiro atoms. The van der Waals surface area contributed by atoms with Gasteiger partial charge in [0.2, 0.25) is 0 Å². The van der Waals surface area contributed by atoms with Gasteiger partial charge in [0.1, 0.15) is 11.3 Å². The van der Waals surface area contributed by atoms with Crippen molar-refractivity contribution in [1.82, 2.24) is 4.57 Å². The molecule has 24 heavy (non-hydrogen) atoms. The van der Waals surface area contributed by atoms with Gasteiger partial charge in [-0.1, -0.05) is 6.07 Å². The van der Waals surface area contributed by atoms with Crippen molar-refractivity contribution in [2.75, 3.05) is 0 Å². The van der Waals surface area contributed by atoms with E-state index in [1.54, 1.807) is 12.1 Å². The summed E-state index contributed by atoms with van der Waals surface area (Å²) in [6, 6.07) is 10.3. The number of hydrogen-bond donors (Lipinski definition) is 2. The lowest BCUT2D eigenvalue weighted by molar-refractivity contribution is 0.0694. The minimum Gasteiger partial charge on any atom is -0.507 e. The minimum absolute atomic E-state index is 0.143. The van der Waals surface area contributed by atoms with Gasteiger partial charge in [-0.2, -0.15) is 0 Å². The van der Waals surface area contributed by atoms with Crippen molar-refractivity contribution in [3.05, 3.63) is 59.6 Å². The Morgan fingerprint density at radius 1 is 1.21 bits per heavy atom. The normalized spacial score (nSPS) is 10.9. The Labute approximate surface area is 139 Å². The van der Waals surface area contributed by atoms with Crippen molar-refractivity contribution in [1.29, 1.82) is 0 Å². The molecule has 5 nitrogen and oxygen atoms in total. The van der Waals surface area contributed by atoms with Crippen LogP contribution >= 0.6 is 0 Å². The molecule has 0 atom stereocenters. The van der Waals surface area contributed by atoms with Gasteiger partial charge in [-0.05, 0) is 55.3 Å². The first-order valence-corrected chi connectivity index (χ1v) is 7.51. The van der Waals surface area contributed by atoms with Gasteiger partial charge in [0.25, 0.3) is 0 Å². The largest absolute Gasteiger partial charge is 0.507 e. The van der Waals surface area contributed by atoms with Gasteiger partial charge in [-0.25, -0.2) is 9.64 Å². The number of nitrogens with zero attached hydrogens (tertiary/aromatic N) is 2. The van der Waals surface area contributed by atoms with E-state index in [4.69, 9.17) is 11.7 Å². The third-order valence-corrected chi connectivity index (χ3v) is 4.05. The lowest BCUT2D eigenvalue weighted by Gasteiger charge is -2.12. The third kappa shape index (κ3) is 2.48. The number of hydrogen-bond acceptors (Lipinski definition) is 2. The highest BCUT2D eigenvalue weighted by molar-refractivity contribution is 5.99. The van der Waals surface area contributed by atoms with Crippen molar-refractivity contribution >= 4 is 22.6 Å². The van der Waals surface area contributed by atoms with E-state index in [0.717, 1.165) is 16.5 Å². The van der Waals surface area contributed by atoms with Gasteiger partial charge in [-0.3, -0.25) is 0 Å². The van der Waals surface area contributed by atoms with E-state index in [2.05, 4.69) is 23.3 Å². The maximum atomic E-state index is 11.1. The standard InChI is InChI=1S/C19H16N2O3/c1-11(2)21-7-6-14-16(9-13(20-3)10-17(14)21)12-4-5-15(19(23)24)18(22)8-12/h4-11,22H,1-2H3,(H,23,24). The molecular formula is C19H16N2O3. The smallest absolute Gasteiger partial charge is 0.339 e. The molecule has 2 N–H and O–H groups in total. The number of rotatable bonds is 3. The van der Waals surface area contributed by atoms with Gasteiger partial charge in [0, 0.05) is 23.1 Å². The van der Waals surface area contributed by atoms with E-state index in [0.29, 0.717) is 11.3 Å². The second kappa shape index (κ2) is 5.74. The number of carbonyl (C=O) groups is 1. The van der Waals surface area contributed by atoms with Crippen molar-refractivity contribution in [3.8, 4) is 16.9 Å². The fourth-order valence-corrected chi connectivity index (χ4v) is 2.88. The van der Waals surface area contributed by atoms with Crippen LogP contribution in [0.3, 0.4) is 0 Å². The SMILES string of the molecule is [C-]#[N+]c1cc(-c2ccc(C(=O)O)c(O)c2)c2ccn(C(C)C)c2c1. The first-order valence-electron chi connectivity index (χ1n) is 7.51. The zero-order valence-electron chi connectivity index (χ0n) is 13.3. The first-order chi connectivity index (χ1) is 11.4. The predicted molar refractivity (Wildman–Crippen MR) is 92.6 cm³/mol. The Kier molecular flexibility index (Phi) is 3.74. The number of aromatic carboxylic acids is 1. The number of fused-ring (bicyclic) bond motifs is 1. The summed E-state index contributed by atoms with van der Waals surface area (Å²) in [6.07, 6.45) is 1.97. The fraction of sp³-hybridized carbons (Fsp3) is 0.158. The van der Waals surface area contributed by atoms with Crippen LogP contribution in [0.1, 0.15) is 30.2 Å². The Morgan fingerprint density at radius 3 is 2.54 bits per heavy atom. The molecule has 0 saturated heterocycles. The molecule has 0 bridgehead atoms. The highest BCUT2D eigenvalue weighted by atomic mass is 16.4. The van der Waals surface area contributed by atoms with Crippen LogP contribution in [-0.4, -0.2) is 20.7 Å². The predicted octanol–water partition coefficient (Wildman–Crippen LogP) is 4.84. The van der Waals surface area contributed by atoms with Gasteiger partial charge in [0.05, 0.1) is 6.57 Å². The summed E-state index contributed by atoms with van der Waals surface area (Å²) in [5.74, 6) is -1.46. The Bertz CT molecular complexity index is 994. The molecule has 2 aromatic carbocycles. The maximum absolute atomic E-state index is 11.1. The molecule has 1 heterocycles. The van der Waals surface area contributed by atoms with Crippen LogP contribution in [0, 0.1) is 6.57 Å². The summed E-state index contributed by atoms with van der Waals surface area (Å²) in [4.78, 5) is 14.6. The number of aromatic nitrogens is 1. The molecule has 1 aromatic heterocycles. The van der Waals surface area contributed by atoms with Crippen LogP contribution in [0.15, 0.2) is 42.6 Å². The number of aromatic hydroxyl groups is 1. The van der Waals surface area contributed by atoms with Gasteiger partial charge < -0.3 is 14.8 Å². The first kappa shape index (κ1) is 15.6. The van der Waals surface area contributed by atoms with Crippen LogP contribution in [-0.2, 0) is 0 Å². The molecule has 0 aliphatic carbocycles. The molecule has 120 valence electrons. The monoisotopic (exact) mass is 320 g/mol. The second-order valence-corrected chi connectivity index (χ2v) is 5.89. The van der Waals surface area contributed by atoms with E-state index in [1.807, 2.05) is 18.3 Å². The topological polar surface area (TPSA) is 66.8 Å². The van der Waals surface area contributed by atoms with Gasteiger partial charge >= 0.3 is 5.97 Å². The van der Waals surface area contributed by atoms with Crippen molar-refractivity contribution in [2.45, 2.75) is 19.9 Å². The quantitative estimate of drug-likeness (QED) is 0.678. The maximum Gasteiger partial charge on any atom is 0.339 e.